The number of aliphatic hydroxyl groups is 1. The summed E-state index contributed by atoms with van der Waals surface area (Å²) in [6, 6.07) is 7.56. The van der Waals surface area contributed by atoms with Crippen LogP contribution in [0.5, 0.6) is 0 Å². The molecule has 1 atom stereocenters. The van der Waals surface area contributed by atoms with Gasteiger partial charge in [0, 0.05) is 18.7 Å². The second-order valence-corrected chi connectivity index (χ2v) is 4.95. The van der Waals surface area contributed by atoms with Gasteiger partial charge in [0.05, 0.1) is 11.8 Å². The van der Waals surface area contributed by atoms with Gasteiger partial charge in [0.1, 0.15) is 0 Å². The van der Waals surface area contributed by atoms with E-state index in [1.807, 2.05) is 24.3 Å². The molecule has 0 spiro atoms. The lowest BCUT2D eigenvalue weighted by molar-refractivity contribution is 0.168. The van der Waals surface area contributed by atoms with Crippen LogP contribution in [-0.4, -0.2) is 24.2 Å². The molecule has 1 unspecified atom stereocenters. The predicted molar refractivity (Wildman–Crippen MR) is 76.3 cm³/mol. The highest BCUT2D eigenvalue weighted by Crippen LogP contribution is 2.32. The molecule has 2 amide bonds. The number of hydrogen-bond donors (Lipinski definition) is 2. The summed E-state index contributed by atoms with van der Waals surface area (Å²) >= 11 is 0. The first-order valence-electron chi connectivity index (χ1n) is 7.06. The average molecular weight is 262 g/mol. The van der Waals surface area contributed by atoms with Gasteiger partial charge < -0.3 is 10.4 Å². The Kier molecular flexibility index (Phi) is 4.80. The lowest BCUT2D eigenvalue weighted by Gasteiger charge is -2.23. The van der Waals surface area contributed by atoms with Crippen molar-refractivity contribution < 1.29 is 9.90 Å². The highest BCUT2D eigenvalue weighted by atomic mass is 16.3. The van der Waals surface area contributed by atoms with Crippen LogP contribution in [0.25, 0.3) is 0 Å². The van der Waals surface area contributed by atoms with Crippen LogP contribution in [0.2, 0.25) is 0 Å². The van der Waals surface area contributed by atoms with Gasteiger partial charge in [-0.05, 0) is 25.3 Å². The standard InChI is InChI=1S/C15H22N2O2/c1-2-3-10-16-15(19)17-11-6-9-14(18)12-7-4-5-8-13(12)17/h4-5,7-8,14,18H,2-3,6,9-11H2,1H3,(H,16,19). The van der Waals surface area contributed by atoms with Crippen LogP contribution in [0, 0.1) is 0 Å². The third kappa shape index (κ3) is 3.26. The van der Waals surface area contributed by atoms with Crippen molar-refractivity contribution in [1.82, 2.24) is 5.32 Å². The van der Waals surface area contributed by atoms with Gasteiger partial charge in [0.15, 0.2) is 0 Å². The Labute approximate surface area is 114 Å². The molecule has 1 aromatic rings. The van der Waals surface area contributed by atoms with Crippen molar-refractivity contribution in [1.29, 1.82) is 0 Å². The third-order valence-electron chi connectivity index (χ3n) is 3.50. The molecule has 4 nitrogen and oxygen atoms in total. The number of anilines is 1. The second kappa shape index (κ2) is 6.57. The number of nitrogens with one attached hydrogen (secondary N) is 1. The summed E-state index contributed by atoms with van der Waals surface area (Å²) in [4.78, 5) is 14.0. The summed E-state index contributed by atoms with van der Waals surface area (Å²) in [7, 11) is 0. The van der Waals surface area contributed by atoms with Crippen LogP contribution < -0.4 is 10.2 Å². The molecular weight excluding hydrogens is 240 g/mol. The van der Waals surface area contributed by atoms with E-state index in [9.17, 15) is 9.90 Å². The minimum absolute atomic E-state index is 0.0602. The van der Waals surface area contributed by atoms with Crippen molar-refractivity contribution in [2.45, 2.75) is 38.7 Å². The fourth-order valence-corrected chi connectivity index (χ4v) is 2.41. The number of aliphatic hydroxyl groups excluding tert-OH is 1. The van der Waals surface area contributed by atoms with E-state index < -0.39 is 6.10 Å². The molecule has 0 saturated heterocycles. The van der Waals surface area contributed by atoms with Crippen LogP contribution in [0.3, 0.4) is 0 Å². The zero-order chi connectivity index (χ0) is 13.7. The molecule has 0 saturated carbocycles. The van der Waals surface area contributed by atoms with Gasteiger partial charge >= 0.3 is 6.03 Å². The number of unbranched alkanes of at least 4 members (excludes halogenated alkanes) is 1. The first-order chi connectivity index (χ1) is 9.24. The molecule has 2 rings (SSSR count). The molecule has 1 aromatic carbocycles. The van der Waals surface area contributed by atoms with E-state index in [4.69, 9.17) is 0 Å². The summed E-state index contributed by atoms with van der Waals surface area (Å²) < 4.78 is 0. The average Bonchev–Trinajstić information content (AvgIpc) is 2.59. The Morgan fingerprint density at radius 2 is 2.26 bits per heavy atom. The number of carbonyl (C=O) groups is 1. The maximum atomic E-state index is 12.2. The van der Waals surface area contributed by atoms with Gasteiger partial charge in [-0.25, -0.2) is 4.79 Å². The van der Waals surface area contributed by atoms with Gasteiger partial charge in [-0.15, -0.1) is 0 Å². The molecule has 1 aliphatic rings. The third-order valence-corrected chi connectivity index (χ3v) is 3.50. The first kappa shape index (κ1) is 13.9. The summed E-state index contributed by atoms with van der Waals surface area (Å²) in [5.74, 6) is 0. The molecule has 0 aliphatic carbocycles. The van der Waals surface area contributed by atoms with Gasteiger partial charge in [-0.2, -0.15) is 0 Å². The number of hydrogen-bond acceptors (Lipinski definition) is 2. The Morgan fingerprint density at radius 3 is 3.05 bits per heavy atom. The normalized spacial score (nSPS) is 18.6. The summed E-state index contributed by atoms with van der Waals surface area (Å²) in [5.41, 5.74) is 1.69. The van der Waals surface area contributed by atoms with Crippen LogP contribution in [0.15, 0.2) is 24.3 Å². The number of benzene rings is 1. The molecule has 0 bridgehead atoms. The van der Waals surface area contributed by atoms with E-state index in [1.54, 1.807) is 4.90 Å². The molecule has 1 aliphatic heterocycles. The van der Waals surface area contributed by atoms with E-state index in [0.29, 0.717) is 19.5 Å². The lowest BCUT2D eigenvalue weighted by atomic mass is 10.0. The van der Waals surface area contributed by atoms with E-state index in [1.165, 1.54) is 0 Å². The van der Waals surface area contributed by atoms with Crippen molar-refractivity contribution in [2.75, 3.05) is 18.0 Å². The SMILES string of the molecule is CCCCNC(=O)N1CCCC(O)c2ccccc21. The smallest absolute Gasteiger partial charge is 0.321 e. The molecule has 19 heavy (non-hydrogen) atoms. The van der Waals surface area contributed by atoms with Gasteiger partial charge in [-0.3, -0.25) is 4.90 Å². The van der Waals surface area contributed by atoms with Gasteiger partial charge in [-0.1, -0.05) is 31.5 Å². The van der Waals surface area contributed by atoms with Crippen LogP contribution in [0.4, 0.5) is 10.5 Å². The van der Waals surface area contributed by atoms with Gasteiger partial charge in [0.25, 0.3) is 0 Å². The predicted octanol–water partition coefficient (Wildman–Crippen LogP) is 2.83. The van der Waals surface area contributed by atoms with Crippen LogP contribution >= 0.6 is 0 Å². The Bertz CT molecular complexity index is 434. The van der Waals surface area contributed by atoms with Crippen molar-refractivity contribution >= 4 is 11.7 Å². The zero-order valence-corrected chi connectivity index (χ0v) is 11.4. The molecular formula is C15H22N2O2. The van der Waals surface area contributed by atoms with Crippen LogP contribution in [0.1, 0.15) is 44.3 Å². The molecule has 0 aromatic heterocycles. The topological polar surface area (TPSA) is 52.6 Å². The number of carbonyl (C=O) groups excluding carboxylic acids is 1. The maximum Gasteiger partial charge on any atom is 0.321 e. The van der Waals surface area contributed by atoms with E-state index >= 15 is 0 Å². The zero-order valence-electron chi connectivity index (χ0n) is 11.4. The maximum absolute atomic E-state index is 12.2. The Morgan fingerprint density at radius 1 is 1.47 bits per heavy atom. The van der Waals surface area contributed by atoms with Crippen molar-refractivity contribution in [3.63, 3.8) is 0 Å². The summed E-state index contributed by atoms with van der Waals surface area (Å²) in [6.45, 7) is 3.46. The minimum atomic E-state index is -0.468. The number of para-hydroxylation sites is 1. The minimum Gasteiger partial charge on any atom is -0.388 e. The summed E-state index contributed by atoms with van der Waals surface area (Å²) in [5, 5.41) is 13.0. The highest BCUT2D eigenvalue weighted by Gasteiger charge is 2.24. The Hall–Kier alpha value is -1.55. The quantitative estimate of drug-likeness (QED) is 0.823. The molecule has 0 radical (unpaired) electrons. The number of rotatable bonds is 3. The van der Waals surface area contributed by atoms with Crippen molar-refractivity contribution in [3.05, 3.63) is 29.8 Å². The lowest BCUT2D eigenvalue weighted by Crippen LogP contribution is -2.41. The first-order valence-corrected chi connectivity index (χ1v) is 7.06. The number of urea groups is 1. The van der Waals surface area contributed by atoms with Crippen molar-refractivity contribution in [3.8, 4) is 0 Å². The fourth-order valence-electron chi connectivity index (χ4n) is 2.41. The highest BCUT2D eigenvalue weighted by molar-refractivity contribution is 5.93. The molecule has 4 heteroatoms. The number of amides is 2. The van der Waals surface area contributed by atoms with Crippen LogP contribution in [-0.2, 0) is 0 Å². The fraction of sp³-hybridized carbons (Fsp3) is 0.533. The number of nitrogens with zero attached hydrogens (tertiary/aromatic N) is 1. The largest absolute Gasteiger partial charge is 0.388 e. The van der Waals surface area contributed by atoms with Gasteiger partial charge in [0.2, 0.25) is 0 Å². The molecule has 0 fully saturated rings. The molecule has 104 valence electrons. The number of fused-ring (bicyclic) bond motifs is 1. The summed E-state index contributed by atoms with van der Waals surface area (Å²) in [6.07, 6.45) is 3.11. The molecule has 1 heterocycles. The van der Waals surface area contributed by atoms with Crippen molar-refractivity contribution in [2.24, 2.45) is 0 Å². The monoisotopic (exact) mass is 262 g/mol. The van der Waals surface area contributed by atoms with E-state index in [2.05, 4.69) is 12.2 Å². The van der Waals surface area contributed by atoms with E-state index in [-0.39, 0.29) is 6.03 Å². The Balaban J connectivity index is 2.16. The van der Waals surface area contributed by atoms with E-state index in [0.717, 1.165) is 30.5 Å². The second-order valence-electron chi connectivity index (χ2n) is 4.95. The molecule has 2 N–H and O–H groups in total.